The Morgan fingerprint density at radius 3 is 2.69 bits per heavy atom. The van der Waals surface area contributed by atoms with Gasteiger partial charge in [-0.2, -0.15) is 0 Å². The first kappa shape index (κ1) is 24.9. The van der Waals surface area contributed by atoms with Gasteiger partial charge in [0.15, 0.2) is 0 Å². The summed E-state index contributed by atoms with van der Waals surface area (Å²) in [6.07, 6.45) is 13.6. The number of carboxylic acid groups (broad SMARTS) is 1. The Morgan fingerprint density at radius 2 is 2.03 bits per heavy atom. The zero-order chi connectivity index (χ0) is 20.1. The van der Waals surface area contributed by atoms with Crippen LogP contribution in [0.15, 0.2) is 24.0 Å². The first-order valence-corrected chi connectivity index (χ1v) is 11.1. The van der Waals surface area contributed by atoms with Crippen molar-refractivity contribution in [3.8, 4) is 0 Å². The summed E-state index contributed by atoms with van der Waals surface area (Å²) < 4.78 is 6.05. The molecule has 2 N–H and O–H groups in total. The monoisotopic (exact) mass is 414 g/mol. The molecule has 2 saturated carbocycles. The summed E-state index contributed by atoms with van der Waals surface area (Å²) in [5.41, 5.74) is 0. The fourth-order valence-electron chi connectivity index (χ4n) is 5.36. The molecule has 29 heavy (non-hydrogen) atoms. The molecular weight excluding hydrogens is 379 g/mol. The maximum Gasteiger partial charge on any atom is 1.00 e. The Kier molecular flexibility index (Phi) is 10.2. The minimum absolute atomic E-state index is 0. The van der Waals surface area contributed by atoms with Crippen molar-refractivity contribution in [2.75, 3.05) is 0 Å². The van der Waals surface area contributed by atoms with E-state index in [1.807, 2.05) is 25.2 Å². The molecule has 6 atom stereocenters. The third-order valence-electron chi connectivity index (χ3n) is 6.89. The van der Waals surface area contributed by atoms with Gasteiger partial charge in [0.25, 0.3) is 0 Å². The van der Waals surface area contributed by atoms with Gasteiger partial charge in [-0.25, -0.2) is 0 Å². The third-order valence-corrected chi connectivity index (χ3v) is 6.89. The quantitative estimate of drug-likeness (QED) is 0.400. The number of ether oxygens (including phenoxy) is 1. The molecule has 1 aliphatic heterocycles. The van der Waals surface area contributed by atoms with Crippen LogP contribution in [0.3, 0.4) is 0 Å². The van der Waals surface area contributed by atoms with E-state index in [1.165, 1.54) is 0 Å². The summed E-state index contributed by atoms with van der Waals surface area (Å²) in [4.78, 5) is 11.5. The van der Waals surface area contributed by atoms with Gasteiger partial charge >= 0.3 is 29.6 Å². The van der Waals surface area contributed by atoms with E-state index in [0.717, 1.165) is 50.7 Å². The van der Waals surface area contributed by atoms with Crippen LogP contribution in [0.1, 0.15) is 71.1 Å². The van der Waals surface area contributed by atoms with Crippen molar-refractivity contribution in [1.29, 1.82) is 0 Å². The molecule has 0 aromatic rings. The van der Waals surface area contributed by atoms with Gasteiger partial charge in [-0.15, -0.1) is 0 Å². The van der Waals surface area contributed by atoms with Gasteiger partial charge in [0.05, 0.1) is 18.0 Å². The number of allylic oxidation sites excluding steroid dienone is 2. The zero-order valence-corrected chi connectivity index (χ0v) is 20.0. The van der Waals surface area contributed by atoms with Crippen molar-refractivity contribution in [3.05, 3.63) is 24.0 Å². The Hall–Kier alpha value is -0.330. The number of aliphatic hydroxyl groups excluding tert-OH is 2. The van der Waals surface area contributed by atoms with Crippen LogP contribution in [0.5, 0.6) is 0 Å². The van der Waals surface area contributed by atoms with E-state index in [0.29, 0.717) is 19.3 Å². The number of aliphatic carboxylic acids is 1. The van der Waals surface area contributed by atoms with Crippen molar-refractivity contribution < 1.29 is 54.4 Å². The summed E-state index contributed by atoms with van der Waals surface area (Å²) in [7, 11) is 0. The number of carbonyl (C=O) groups is 1. The minimum Gasteiger partial charge on any atom is -0.550 e. The summed E-state index contributed by atoms with van der Waals surface area (Å²) in [6.45, 7) is 2.04. The number of hydrogen-bond acceptors (Lipinski definition) is 5. The van der Waals surface area contributed by atoms with Gasteiger partial charge in [0.2, 0.25) is 0 Å². The maximum atomic E-state index is 11.5. The van der Waals surface area contributed by atoms with Gasteiger partial charge in [-0.1, -0.05) is 38.3 Å². The predicted octanol–water partition coefficient (Wildman–Crippen LogP) is -0.286. The van der Waals surface area contributed by atoms with E-state index in [4.69, 9.17) is 4.74 Å². The standard InChI is InChI=1S/C23H36O5.Na/c1-2-6-16(24)11-12-19-20-13-17(28-22(20)14-21(19)25)9-5-10-18(23(26)27)15-7-3-4-8-15;/h9,11-12,15-16,18-22,24-25H,2-8,10,13-14H2,1H3,(H,26,27);/q;+1/p-1/b12-11+,17-9-;/t16-,18?,19+,20+,21+,22+;/m0./s1. The average Bonchev–Trinajstić information content (AvgIpc) is 3.34. The topological polar surface area (TPSA) is 89.8 Å². The molecule has 1 saturated heterocycles. The summed E-state index contributed by atoms with van der Waals surface area (Å²) in [5.74, 6) is 0.186. The second-order valence-electron chi connectivity index (χ2n) is 8.86. The Bertz CT molecular complexity index is 584. The molecule has 0 amide bonds. The van der Waals surface area contributed by atoms with E-state index in [2.05, 4.69) is 0 Å². The van der Waals surface area contributed by atoms with Crippen LogP contribution in [-0.4, -0.2) is 34.5 Å². The van der Waals surface area contributed by atoms with E-state index in [9.17, 15) is 20.1 Å². The zero-order valence-electron chi connectivity index (χ0n) is 18.0. The molecule has 2 aliphatic carbocycles. The molecule has 1 heterocycles. The first-order chi connectivity index (χ1) is 13.5. The largest absolute Gasteiger partial charge is 1.00 e. The Labute approximate surface area is 196 Å². The molecule has 1 unspecified atom stereocenters. The molecule has 5 nitrogen and oxygen atoms in total. The van der Waals surface area contributed by atoms with Gasteiger partial charge in [-0.05, 0) is 44.1 Å². The number of hydrogen-bond donors (Lipinski definition) is 2. The summed E-state index contributed by atoms with van der Waals surface area (Å²) >= 11 is 0. The van der Waals surface area contributed by atoms with Crippen LogP contribution in [0.25, 0.3) is 0 Å². The number of aliphatic hydroxyl groups is 2. The van der Waals surface area contributed by atoms with Gasteiger partial charge in [0, 0.05) is 36.6 Å². The second-order valence-corrected chi connectivity index (χ2v) is 8.86. The van der Waals surface area contributed by atoms with Gasteiger partial charge in [-0.3, -0.25) is 0 Å². The van der Waals surface area contributed by atoms with Gasteiger partial charge < -0.3 is 24.9 Å². The average molecular weight is 415 g/mol. The molecule has 6 heteroatoms. The molecule has 158 valence electrons. The van der Waals surface area contributed by atoms with E-state index in [1.54, 1.807) is 0 Å². The number of rotatable bonds is 9. The van der Waals surface area contributed by atoms with Crippen LogP contribution in [0.2, 0.25) is 0 Å². The van der Waals surface area contributed by atoms with E-state index >= 15 is 0 Å². The fraction of sp³-hybridized carbons (Fsp3) is 0.783. The van der Waals surface area contributed by atoms with Crippen LogP contribution >= 0.6 is 0 Å². The smallest absolute Gasteiger partial charge is 0.550 e. The molecular formula is C23H35NaO5. The third kappa shape index (κ3) is 6.57. The number of carboxylic acids is 1. The van der Waals surface area contributed by atoms with Crippen LogP contribution in [0.4, 0.5) is 0 Å². The molecule has 0 radical (unpaired) electrons. The first-order valence-electron chi connectivity index (χ1n) is 11.1. The Balaban J connectivity index is 0.00000300. The van der Waals surface area contributed by atoms with Crippen LogP contribution in [-0.2, 0) is 9.53 Å². The summed E-state index contributed by atoms with van der Waals surface area (Å²) in [6, 6.07) is 0. The fourth-order valence-corrected chi connectivity index (χ4v) is 5.36. The molecule has 0 bridgehead atoms. The van der Waals surface area contributed by atoms with E-state index in [-0.39, 0.29) is 59.3 Å². The number of fused-ring (bicyclic) bond motifs is 1. The molecule has 3 aliphatic rings. The van der Waals surface area contributed by atoms with Crippen molar-refractivity contribution in [3.63, 3.8) is 0 Å². The minimum atomic E-state index is -0.909. The van der Waals surface area contributed by atoms with Crippen LogP contribution in [0, 0.1) is 23.7 Å². The molecule has 3 fully saturated rings. The summed E-state index contributed by atoms with van der Waals surface area (Å²) in [5, 5.41) is 31.8. The molecule has 0 aromatic carbocycles. The van der Waals surface area contributed by atoms with Gasteiger partial charge in [0.1, 0.15) is 6.10 Å². The van der Waals surface area contributed by atoms with Crippen molar-refractivity contribution >= 4 is 5.97 Å². The second kappa shape index (κ2) is 11.9. The van der Waals surface area contributed by atoms with Crippen molar-refractivity contribution in [2.24, 2.45) is 23.7 Å². The van der Waals surface area contributed by atoms with Crippen molar-refractivity contribution in [1.82, 2.24) is 0 Å². The van der Waals surface area contributed by atoms with E-state index < -0.39 is 18.2 Å². The predicted molar refractivity (Wildman–Crippen MR) is 105 cm³/mol. The molecule has 3 rings (SSSR count). The normalized spacial score (nSPS) is 32.9. The Morgan fingerprint density at radius 1 is 1.31 bits per heavy atom. The molecule has 0 spiro atoms. The van der Waals surface area contributed by atoms with Crippen molar-refractivity contribution in [2.45, 2.75) is 89.4 Å². The number of carbonyl (C=O) groups excluding carboxylic acids is 1. The SMILES string of the molecule is CCC[C@H](O)/C=C/[C@@H]1[C@H]2C/C(=C/CCC(C(=O)[O-])C3CCCC3)O[C@@H]2C[C@H]1O.[Na+]. The maximum absolute atomic E-state index is 11.5. The van der Waals surface area contributed by atoms with Crippen LogP contribution < -0.4 is 34.7 Å². The molecule has 0 aromatic heterocycles.